The van der Waals surface area contributed by atoms with Crippen LogP contribution in [0.15, 0.2) is 53.6 Å². The van der Waals surface area contributed by atoms with Gasteiger partial charge >= 0.3 is 0 Å². The van der Waals surface area contributed by atoms with Crippen LogP contribution in [0, 0.1) is 13.8 Å². The van der Waals surface area contributed by atoms with Crippen LogP contribution in [0.25, 0.3) is 0 Å². The molecule has 0 aliphatic carbocycles. The van der Waals surface area contributed by atoms with Crippen LogP contribution in [-0.4, -0.2) is 10.7 Å². The van der Waals surface area contributed by atoms with Crippen molar-refractivity contribution in [2.75, 3.05) is 5.43 Å². The van der Waals surface area contributed by atoms with Gasteiger partial charge in [-0.15, -0.1) is 11.3 Å². The number of hydrazone groups is 1. The van der Waals surface area contributed by atoms with E-state index in [2.05, 4.69) is 22.4 Å². The minimum absolute atomic E-state index is 0.508. The van der Waals surface area contributed by atoms with Crippen LogP contribution in [-0.2, 0) is 6.61 Å². The van der Waals surface area contributed by atoms with E-state index in [1.807, 2.05) is 62.4 Å². The molecule has 3 rings (SSSR count). The zero-order valence-electron chi connectivity index (χ0n) is 14.9. The lowest BCUT2D eigenvalue weighted by molar-refractivity contribution is 0.306. The summed E-state index contributed by atoms with van der Waals surface area (Å²) in [5, 5.41) is 5.95. The Balaban J connectivity index is 1.59. The van der Waals surface area contributed by atoms with Crippen LogP contribution in [0.1, 0.15) is 28.6 Å². The van der Waals surface area contributed by atoms with E-state index in [4.69, 9.17) is 16.3 Å². The number of halogens is 1. The largest absolute Gasteiger partial charge is 0.489 e. The van der Waals surface area contributed by atoms with Crippen molar-refractivity contribution in [3.63, 3.8) is 0 Å². The van der Waals surface area contributed by atoms with Gasteiger partial charge in [-0.05, 0) is 68.3 Å². The fraction of sp³-hybridized carbons (Fsp3) is 0.200. The van der Waals surface area contributed by atoms with E-state index < -0.39 is 0 Å². The number of hydrogen-bond donors (Lipinski definition) is 1. The molecule has 0 saturated heterocycles. The van der Waals surface area contributed by atoms with Gasteiger partial charge in [-0.2, -0.15) is 5.10 Å². The van der Waals surface area contributed by atoms with E-state index in [9.17, 15) is 0 Å². The Morgan fingerprint density at radius 2 is 1.81 bits per heavy atom. The molecule has 0 aliphatic rings. The van der Waals surface area contributed by atoms with Gasteiger partial charge in [0.2, 0.25) is 5.13 Å². The third-order valence-corrected chi connectivity index (χ3v) is 5.17. The van der Waals surface area contributed by atoms with Gasteiger partial charge in [-0.1, -0.05) is 23.7 Å². The molecule has 6 heteroatoms. The lowest BCUT2D eigenvalue weighted by Crippen LogP contribution is -2.00. The highest BCUT2D eigenvalue weighted by molar-refractivity contribution is 7.15. The van der Waals surface area contributed by atoms with Gasteiger partial charge in [-0.3, -0.25) is 5.43 Å². The van der Waals surface area contributed by atoms with E-state index in [1.54, 1.807) is 11.3 Å². The molecule has 1 aromatic heterocycles. The Labute approximate surface area is 162 Å². The highest BCUT2D eigenvalue weighted by atomic mass is 35.5. The second kappa shape index (κ2) is 8.34. The van der Waals surface area contributed by atoms with E-state index in [0.717, 1.165) is 38.4 Å². The monoisotopic (exact) mass is 385 g/mol. The molecular weight excluding hydrogens is 366 g/mol. The van der Waals surface area contributed by atoms with Crippen molar-refractivity contribution in [2.45, 2.75) is 27.4 Å². The summed E-state index contributed by atoms with van der Waals surface area (Å²) in [6, 6.07) is 15.5. The minimum atomic E-state index is 0.508. The van der Waals surface area contributed by atoms with Crippen LogP contribution >= 0.6 is 22.9 Å². The predicted molar refractivity (Wildman–Crippen MR) is 110 cm³/mol. The first kappa shape index (κ1) is 18.4. The number of thiazole rings is 1. The Hall–Kier alpha value is -2.37. The summed E-state index contributed by atoms with van der Waals surface area (Å²) in [6.07, 6.45) is 0. The van der Waals surface area contributed by atoms with Crippen molar-refractivity contribution in [1.82, 2.24) is 4.98 Å². The number of benzene rings is 2. The molecule has 2 aromatic carbocycles. The van der Waals surface area contributed by atoms with Crippen molar-refractivity contribution in [1.29, 1.82) is 0 Å². The smallest absolute Gasteiger partial charge is 0.203 e. The second-order valence-corrected chi connectivity index (χ2v) is 7.55. The molecule has 4 nitrogen and oxygen atoms in total. The number of aryl methyl sites for hydroxylation is 2. The normalized spacial score (nSPS) is 11.5. The van der Waals surface area contributed by atoms with Crippen LogP contribution in [0.3, 0.4) is 0 Å². The molecule has 3 aromatic rings. The number of nitrogens with zero attached hydrogens (tertiary/aromatic N) is 2. The van der Waals surface area contributed by atoms with Gasteiger partial charge in [0.1, 0.15) is 12.4 Å². The van der Waals surface area contributed by atoms with Crippen LogP contribution < -0.4 is 10.2 Å². The van der Waals surface area contributed by atoms with Crippen LogP contribution in [0.2, 0.25) is 5.02 Å². The molecule has 134 valence electrons. The van der Waals surface area contributed by atoms with Gasteiger partial charge < -0.3 is 4.74 Å². The first-order valence-corrected chi connectivity index (χ1v) is 9.43. The highest BCUT2D eigenvalue weighted by Crippen LogP contribution is 2.21. The summed E-state index contributed by atoms with van der Waals surface area (Å²) in [5.74, 6) is 0.815. The third kappa shape index (κ3) is 4.84. The average molecular weight is 386 g/mol. The molecule has 1 heterocycles. The summed E-state index contributed by atoms with van der Waals surface area (Å²) in [7, 11) is 0. The molecule has 0 saturated carbocycles. The zero-order valence-corrected chi connectivity index (χ0v) is 16.5. The summed E-state index contributed by atoms with van der Waals surface area (Å²) in [4.78, 5) is 5.62. The Morgan fingerprint density at radius 3 is 2.42 bits per heavy atom. The minimum Gasteiger partial charge on any atom is -0.489 e. The number of aromatic nitrogens is 1. The SMILES string of the molecule is C/C(=N/Nc1nc(C)c(C)s1)c1ccc(OCc2ccc(Cl)cc2)cc1. The number of rotatable bonds is 6. The molecule has 0 amide bonds. The molecule has 26 heavy (non-hydrogen) atoms. The zero-order chi connectivity index (χ0) is 18.5. The molecule has 0 aliphatic heterocycles. The number of hydrogen-bond acceptors (Lipinski definition) is 5. The summed E-state index contributed by atoms with van der Waals surface area (Å²) in [6.45, 7) is 6.52. The van der Waals surface area contributed by atoms with Gasteiger partial charge in [0.25, 0.3) is 0 Å². The molecule has 0 unspecified atom stereocenters. The van der Waals surface area contributed by atoms with Crippen molar-refractivity contribution < 1.29 is 4.74 Å². The van der Waals surface area contributed by atoms with E-state index in [1.165, 1.54) is 4.88 Å². The van der Waals surface area contributed by atoms with Crippen LogP contribution in [0.4, 0.5) is 5.13 Å². The van der Waals surface area contributed by atoms with Gasteiger partial charge in [0, 0.05) is 9.90 Å². The third-order valence-electron chi connectivity index (χ3n) is 3.94. The van der Waals surface area contributed by atoms with E-state index >= 15 is 0 Å². The second-order valence-electron chi connectivity index (χ2n) is 5.91. The molecule has 0 atom stereocenters. The first-order valence-electron chi connectivity index (χ1n) is 8.23. The topological polar surface area (TPSA) is 46.5 Å². The summed E-state index contributed by atoms with van der Waals surface area (Å²) < 4.78 is 5.80. The molecule has 0 radical (unpaired) electrons. The van der Waals surface area contributed by atoms with E-state index in [-0.39, 0.29) is 0 Å². The Morgan fingerprint density at radius 1 is 1.12 bits per heavy atom. The average Bonchev–Trinajstić information content (AvgIpc) is 2.97. The quantitative estimate of drug-likeness (QED) is 0.429. The molecule has 0 spiro atoms. The van der Waals surface area contributed by atoms with Crippen molar-refractivity contribution >= 4 is 33.8 Å². The van der Waals surface area contributed by atoms with Crippen molar-refractivity contribution in [3.8, 4) is 5.75 Å². The lowest BCUT2D eigenvalue weighted by atomic mass is 10.1. The number of ether oxygens (including phenoxy) is 1. The highest BCUT2D eigenvalue weighted by Gasteiger charge is 2.03. The first-order chi connectivity index (χ1) is 12.5. The molecule has 1 N–H and O–H groups in total. The maximum absolute atomic E-state index is 5.89. The maximum Gasteiger partial charge on any atom is 0.203 e. The standard InChI is InChI=1S/C20H20ClN3OS/c1-13-15(3)26-20(22-13)24-23-14(2)17-6-10-19(11-7-17)25-12-16-4-8-18(21)9-5-16/h4-11H,12H2,1-3H3,(H,22,24)/b23-14-. The molecule has 0 bridgehead atoms. The van der Waals surface area contributed by atoms with Gasteiger partial charge in [0.05, 0.1) is 11.4 Å². The molecular formula is C20H20ClN3OS. The summed E-state index contributed by atoms with van der Waals surface area (Å²) in [5.41, 5.74) is 7.05. The fourth-order valence-corrected chi connectivity index (χ4v) is 3.14. The van der Waals surface area contributed by atoms with Crippen molar-refractivity contribution in [3.05, 3.63) is 75.3 Å². The van der Waals surface area contributed by atoms with Gasteiger partial charge in [0.15, 0.2) is 0 Å². The van der Waals surface area contributed by atoms with Crippen LogP contribution in [0.5, 0.6) is 5.75 Å². The molecule has 0 fully saturated rings. The maximum atomic E-state index is 5.89. The Kier molecular flexibility index (Phi) is 5.91. The summed E-state index contributed by atoms with van der Waals surface area (Å²) >= 11 is 7.49. The fourth-order valence-electron chi connectivity index (χ4n) is 2.26. The number of anilines is 1. The van der Waals surface area contributed by atoms with Crippen molar-refractivity contribution in [2.24, 2.45) is 5.10 Å². The predicted octanol–water partition coefficient (Wildman–Crippen LogP) is 5.83. The van der Waals surface area contributed by atoms with E-state index in [0.29, 0.717) is 6.61 Å². The van der Waals surface area contributed by atoms with Gasteiger partial charge in [-0.25, -0.2) is 4.98 Å². The Bertz CT molecular complexity index is 882. The lowest BCUT2D eigenvalue weighted by Gasteiger charge is -2.07. The number of nitrogens with one attached hydrogen (secondary N) is 1.